The number of rotatable bonds is 5. The van der Waals surface area contributed by atoms with E-state index < -0.39 is 0 Å². The molecule has 1 amide bonds. The Morgan fingerprint density at radius 1 is 1.38 bits per heavy atom. The summed E-state index contributed by atoms with van der Waals surface area (Å²) in [5, 5.41) is 15.8. The minimum absolute atomic E-state index is 0.0797. The first-order chi connectivity index (χ1) is 11.6. The van der Waals surface area contributed by atoms with Gasteiger partial charge >= 0.3 is 0 Å². The van der Waals surface area contributed by atoms with Crippen molar-refractivity contribution in [3.8, 4) is 16.9 Å². The largest absolute Gasteiger partial charge is 0.497 e. The molecule has 1 aromatic heterocycles. The van der Waals surface area contributed by atoms with Crippen LogP contribution in [0.3, 0.4) is 0 Å². The van der Waals surface area contributed by atoms with Gasteiger partial charge in [0, 0.05) is 30.4 Å². The van der Waals surface area contributed by atoms with Gasteiger partial charge in [-0.05, 0) is 36.2 Å². The molecule has 1 aliphatic rings. The molecule has 0 saturated carbocycles. The molecule has 2 heterocycles. The summed E-state index contributed by atoms with van der Waals surface area (Å²) >= 11 is 1.49. The average Bonchev–Trinajstić information content (AvgIpc) is 3.18. The van der Waals surface area contributed by atoms with E-state index in [-0.39, 0.29) is 17.9 Å². The zero-order valence-corrected chi connectivity index (χ0v) is 14.7. The van der Waals surface area contributed by atoms with Crippen molar-refractivity contribution in [3.63, 3.8) is 0 Å². The molecular weight excluding hydrogens is 324 g/mol. The number of aliphatic hydroxyl groups excluding tert-OH is 1. The third-order valence-corrected chi connectivity index (χ3v) is 5.42. The van der Waals surface area contributed by atoms with Gasteiger partial charge in [0.15, 0.2) is 0 Å². The van der Waals surface area contributed by atoms with E-state index in [0.717, 1.165) is 28.3 Å². The van der Waals surface area contributed by atoms with Crippen molar-refractivity contribution in [2.24, 2.45) is 5.92 Å². The predicted octanol–water partition coefficient (Wildman–Crippen LogP) is 2.04. The van der Waals surface area contributed by atoms with Crippen LogP contribution < -0.4 is 15.4 Å². The molecule has 3 N–H and O–H groups in total. The highest BCUT2D eigenvalue weighted by Gasteiger charge is 2.25. The first-order valence-corrected chi connectivity index (χ1v) is 8.82. The van der Waals surface area contributed by atoms with Crippen LogP contribution in [-0.2, 0) is 0 Å². The van der Waals surface area contributed by atoms with Crippen molar-refractivity contribution in [1.82, 2.24) is 10.6 Å². The summed E-state index contributed by atoms with van der Waals surface area (Å²) < 4.78 is 5.18. The number of amides is 1. The number of hydrogen-bond donors (Lipinski definition) is 3. The highest BCUT2D eigenvalue weighted by Crippen LogP contribution is 2.32. The molecule has 1 aromatic carbocycles. The van der Waals surface area contributed by atoms with Crippen LogP contribution in [0.2, 0.25) is 0 Å². The Labute approximate surface area is 145 Å². The van der Waals surface area contributed by atoms with E-state index >= 15 is 0 Å². The molecule has 0 radical (unpaired) electrons. The van der Waals surface area contributed by atoms with Crippen LogP contribution >= 0.6 is 11.3 Å². The molecule has 0 aliphatic carbocycles. The zero-order valence-electron chi connectivity index (χ0n) is 13.8. The van der Waals surface area contributed by atoms with Crippen LogP contribution in [-0.4, -0.2) is 43.9 Å². The Hall–Kier alpha value is -1.89. The second-order valence-electron chi connectivity index (χ2n) is 6.00. The SMILES string of the molecule is COc1ccc(-c2cc(C(=O)NCC3CNCC3O)sc2C)cc1. The van der Waals surface area contributed by atoms with Crippen LogP contribution in [0, 0.1) is 12.8 Å². The van der Waals surface area contributed by atoms with Gasteiger partial charge in [-0.3, -0.25) is 4.79 Å². The van der Waals surface area contributed by atoms with Crippen molar-refractivity contribution in [2.75, 3.05) is 26.7 Å². The van der Waals surface area contributed by atoms with E-state index in [4.69, 9.17) is 4.74 Å². The lowest BCUT2D eigenvalue weighted by Gasteiger charge is -2.13. The van der Waals surface area contributed by atoms with E-state index in [0.29, 0.717) is 18.0 Å². The number of aryl methyl sites for hydroxylation is 1. The predicted molar refractivity (Wildman–Crippen MR) is 95.7 cm³/mol. The number of carbonyl (C=O) groups is 1. The minimum atomic E-state index is -0.384. The lowest BCUT2D eigenvalue weighted by molar-refractivity contribution is 0.0931. The third kappa shape index (κ3) is 3.61. The van der Waals surface area contributed by atoms with Crippen molar-refractivity contribution in [1.29, 1.82) is 0 Å². The maximum absolute atomic E-state index is 12.4. The zero-order chi connectivity index (χ0) is 17.1. The van der Waals surface area contributed by atoms with Crippen LogP contribution in [0.15, 0.2) is 30.3 Å². The molecule has 6 heteroatoms. The average molecular weight is 346 g/mol. The molecule has 1 saturated heterocycles. The highest BCUT2D eigenvalue weighted by atomic mass is 32.1. The summed E-state index contributed by atoms with van der Waals surface area (Å²) in [7, 11) is 1.64. The minimum Gasteiger partial charge on any atom is -0.497 e. The van der Waals surface area contributed by atoms with E-state index in [1.54, 1.807) is 7.11 Å². The van der Waals surface area contributed by atoms with Gasteiger partial charge < -0.3 is 20.5 Å². The van der Waals surface area contributed by atoms with Gasteiger partial charge in [0.25, 0.3) is 5.91 Å². The fourth-order valence-electron chi connectivity index (χ4n) is 2.89. The van der Waals surface area contributed by atoms with E-state index in [1.165, 1.54) is 11.3 Å². The second-order valence-corrected chi connectivity index (χ2v) is 7.26. The number of methoxy groups -OCH3 is 1. The van der Waals surface area contributed by atoms with Gasteiger partial charge in [-0.15, -0.1) is 11.3 Å². The van der Waals surface area contributed by atoms with Gasteiger partial charge in [-0.2, -0.15) is 0 Å². The Morgan fingerprint density at radius 2 is 2.12 bits per heavy atom. The molecule has 2 atom stereocenters. The number of aliphatic hydroxyl groups is 1. The number of carbonyl (C=O) groups excluding carboxylic acids is 1. The van der Waals surface area contributed by atoms with E-state index in [1.807, 2.05) is 37.3 Å². The standard InChI is InChI=1S/C18H22N2O3S/c1-11-15(12-3-5-14(23-2)6-4-12)7-17(24-11)18(22)20-9-13-8-19-10-16(13)21/h3-7,13,16,19,21H,8-10H2,1-2H3,(H,20,22). The van der Waals surface area contributed by atoms with Crippen LogP contribution in [0.5, 0.6) is 5.75 Å². The van der Waals surface area contributed by atoms with Gasteiger partial charge in [-0.25, -0.2) is 0 Å². The number of thiophene rings is 1. The first kappa shape index (κ1) is 17.0. The van der Waals surface area contributed by atoms with Crippen molar-refractivity contribution >= 4 is 17.2 Å². The fraction of sp³-hybridized carbons (Fsp3) is 0.389. The Balaban J connectivity index is 1.69. The van der Waals surface area contributed by atoms with Gasteiger partial charge in [-0.1, -0.05) is 12.1 Å². The molecule has 24 heavy (non-hydrogen) atoms. The lowest BCUT2D eigenvalue weighted by atomic mass is 10.1. The molecule has 2 unspecified atom stereocenters. The molecule has 1 aliphatic heterocycles. The number of hydrogen-bond acceptors (Lipinski definition) is 5. The Morgan fingerprint density at radius 3 is 2.75 bits per heavy atom. The summed E-state index contributed by atoms with van der Waals surface area (Å²) in [4.78, 5) is 14.2. The molecular formula is C18H22N2O3S. The number of ether oxygens (including phenoxy) is 1. The highest BCUT2D eigenvalue weighted by molar-refractivity contribution is 7.14. The first-order valence-electron chi connectivity index (χ1n) is 8.00. The molecule has 3 rings (SSSR count). The topological polar surface area (TPSA) is 70.6 Å². The summed E-state index contributed by atoms with van der Waals surface area (Å²) in [5.41, 5.74) is 2.13. The molecule has 128 valence electrons. The third-order valence-electron chi connectivity index (χ3n) is 4.37. The number of benzene rings is 1. The molecule has 1 fully saturated rings. The summed E-state index contributed by atoms with van der Waals surface area (Å²) in [6.45, 7) is 3.84. The molecule has 0 spiro atoms. The normalized spacial score (nSPS) is 20.1. The Kier molecular flexibility index (Phi) is 5.18. The smallest absolute Gasteiger partial charge is 0.261 e. The van der Waals surface area contributed by atoms with Crippen LogP contribution in [0.1, 0.15) is 14.5 Å². The quantitative estimate of drug-likeness (QED) is 0.775. The molecule has 0 bridgehead atoms. The summed E-state index contributed by atoms with van der Waals surface area (Å²) in [6.07, 6.45) is -0.384. The van der Waals surface area contributed by atoms with Crippen LogP contribution in [0.25, 0.3) is 11.1 Å². The van der Waals surface area contributed by atoms with E-state index in [9.17, 15) is 9.90 Å². The lowest BCUT2D eigenvalue weighted by Crippen LogP contribution is -2.34. The summed E-state index contributed by atoms with van der Waals surface area (Å²) in [5.74, 6) is 0.811. The monoisotopic (exact) mass is 346 g/mol. The van der Waals surface area contributed by atoms with Crippen molar-refractivity contribution in [2.45, 2.75) is 13.0 Å². The summed E-state index contributed by atoms with van der Waals surface area (Å²) in [6, 6.07) is 9.76. The molecule has 5 nitrogen and oxygen atoms in total. The fourth-order valence-corrected chi connectivity index (χ4v) is 3.85. The maximum Gasteiger partial charge on any atom is 0.261 e. The van der Waals surface area contributed by atoms with Gasteiger partial charge in [0.05, 0.1) is 18.1 Å². The van der Waals surface area contributed by atoms with E-state index in [2.05, 4.69) is 10.6 Å². The second kappa shape index (κ2) is 7.34. The van der Waals surface area contributed by atoms with Gasteiger partial charge in [0.2, 0.25) is 0 Å². The van der Waals surface area contributed by atoms with Gasteiger partial charge in [0.1, 0.15) is 5.75 Å². The number of β-amino-alcohol motifs (C(OH)–C–C–N with tert-alkyl or cyclic N) is 1. The Bertz CT molecular complexity index is 712. The number of nitrogens with one attached hydrogen (secondary N) is 2. The van der Waals surface area contributed by atoms with Crippen LogP contribution in [0.4, 0.5) is 0 Å². The van der Waals surface area contributed by atoms with Crippen molar-refractivity contribution < 1.29 is 14.6 Å². The maximum atomic E-state index is 12.4. The van der Waals surface area contributed by atoms with Crippen molar-refractivity contribution in [3.05, 3.63) is 40.1 Å². The molecule has 2 aromatic rings.